The zero-order chi connectivity index (χ0) is 15.8. The van der Waals surface area contributed by atoms with Crippen LogP contribution in [0.4, 0.5) is 0 Å². The summed E-state index contributed by atoms with van der Waals surface area (Å²) < 4.78 is 0. The van der Waals surface area contributed by atoms with E-state index < -0.39 is 0 Å². The number of rotatable bonds is 2. The number of hydrogen-bond acceptors (Lipinski definition) is 4. The van der Waals surface area contributed by atoms with Crippen LogP contribution >= 0.6 is 11.3 Å². The first-order valence-electron chi connectivity index (χ1n) is 8.23. The Labute approximate surface area is 140 Å². The molecule has 0 radical (unpaired) electrons. The molecule has 2 aliphatic rings. The number of hydrogen-bond donors (Lipinski definition) is 0. The second kappa shape index (κ2) is 6.06. The molecule has 0 unspecified atom stereocenters. The molecule has 4 nitrogen and oxygen atoms in total. The van der Waals surface area contributed by atoms with Crippen LogP contribution in [-0.2, 0) is 0 Å². The fraction of sp³-hybridized carbons (Fsp3) is 0.444. The molecule has 0 spiro atoms. The Bertz CT molecular complexity index is 700. The van der Waals surface area contributed by atoms with Crippen LogP contribution < -0.4 is 0 Å². The third-order valence-electron chi connectivity index (χ3n) is 5.22. The smallest absolute Gasteiger partial charge is 0.253 e. The molecule has 5 heteroatoms. The van der Waals surface area contributed by atoms with Gasteiger partial charge in [0, 0.05) is 47.9 Å². The number of benzene rings is 1. The van der Waals surface area contributed by atoms with Crippen molar-refractivity contribution >= 4 is 17.2 Å². The molecular weight excluding hydrogens is 306 g/mol. The van der Waals surface area contributed by atoms with Gasteiger partial charge < -0.3 is 4.90 Å². The van der Waals surface area contributed by atoms with Crippen molar-refractivity contribution in [3.05, 3.63) is 41.4 Å². The van der Waals surface area contributed by atoms with Crippen LogP contribution in [0.1, 0.15) is 29.6 Å². The lowest BCUT2D eigenvalue weighted by Crippen LogP contribution is -2.39. The maximum Gasteiger partial charge on any atom is 0.253 e. The largest absolute Gasteiger partial charge is 0.337 e. The van der Waals surface area contributed by atoms with E-state index in [1.807, 2.05) is 34.5 Å². The molecule has 2 aromatic rings. The van der Waals surface area contributed by atoms with E-state index in [2.05, 4.69) is 16.9 Å². The Kier molecular flexibility index (Phi) is 3.91. The fourth-order valence-electron chi connectivity index (χ4n) is 3.83. The highest BCUT2D eigenvalue weighted by molar-refractivity contribution is 7.13. The first-order chi connectivity index (χ1) is 11.2. The molecule has 1 amide bonds. The molecule has 2 fully saturated rings. The maximum absolute atomic E-state index is 12.9. The number of aromatic nitrogens is 1. The zero-order valence-corrected chi connectivity index (χ0v) is 14.1. The van der Waals surface area contributed by atoms with Gasteiger partial charge in [-0.3, -0.25) is 9.69 Å². The summed E-state index contributed by atoms with van der Waals surface area (Å²) in [5, 5.41) is 2.93. The van der Waals surface area contributed by atoms with Gasteiger partial charge in [-0.25, -0.2) is 4.98 Å². The van der Waals surface area contributed by atoms with E-state index in [-0.39, 0.29) is 5.91 Å². The highest BCUT2D eigenvalue weighted by atomic mass is 32.1. The summed E-state index contributed by atoms with van der Waals surface area (Å²) in [6.07, 6.45) is 5.38. The number of amides is 1. The van der Waals surface area contributed by atoms with Gasteiger partial charge in [-0.05, 0) is 38.4 Å². The Morgan fingerprint density at radius 1 is 1.26 bits per heavy atom. The lowest BCUT2D eigenvalue weighted by Gasteiger charge is -2.26. The van der Waals surface area contributed by atoms with Crippen molar-refractivity contribution in [2.75, 3.05) is 20.1 Å². The molecule has 4 rings (SSSR count). The molecular formula is C18H21N3OS. The predicted octanol–water partition coefficient (Wildman–Crippen LogP) is 3.12. The highest BCUT2D eigenvalue weighted by Crippen LogP contribution is 2.29. The topological polar surface area (TPSA) is 36.4 Å². The summed E-state index contributed by atoms with van der Waals surface area (Å²) in [7, 11) is 2.21. The summed E-state index contributed by atoms with van der Waals surface area (Å²) in [5.41, 5.74) is 1.80. The number of carbonyl (C=O) groups excluding carboxylic acids is 1. The minimum absolute atomic E-state index is 0.157. The van der Waals surface area contributed by atoms with E-state index in [4.69, 9.17) is 0 Å². The van der Waals surface area contributed by atoms with Crippen molar-refractivity contribution in [3.8, 4) is 10.6 Å². The lowest BCUT2D eigenvalue weighted by atomic mass is 10.1. The number of fused-ring (bicyclic) bond motifs is 2. The summed E-state index contributed by atoms with van der Waals surface area (Å²) in [6.45, 7) is 1.72. The van der Waals surface area contributed by atoms with Gasteiger partial charge >= 0.3 is 0 Å². The minimum Gasteiger partial charge on any atom is -0.337 e. The molecule has 2 saturated heterocycles. The van der Waals surface area contributed by atoms with Crippen molar-refractivity contribution in [2.45, 2.75) is 31.3 Å². The van der Waals surface area contributed by atoms with E-state index in [1.54, 1.807) is 17.5 Å². The Hall–Kier alpha value is -1.72. The third-order valence-corrected chi connectivity index (χ3v) is 6.05. The molecule has 0 N–H and O–H groups in total. The van der Waals surface area contributed by atoms with E-state index in [0.717, 1.165) is 35.6 Å². The molecule has 2 atom stereocenters. The van der Waals surface area contributed by atoms with E-state index >= 15 is 0 Å². The van der Waals surface area contributed by atoms with Crippen molar-refractivity contribution < 1.29 is 4.79 Å². The monoisotopic (exact) mass is 327 g/mol. The maximum atomic E-state index is 12.9. The molecule has 1 aromatic heterocycles. The van der Waals surface area contributed by atoms with Gasteiger partial charge in [0.25, 0.3) is 5.91 Å². The Balaban J connectivity index is 1.56. The first-order valence-corrected chi connectivity index (χ1v) is 9.11. The lowest BCUT2D eigenvalue weighted by molar-refractivity contribution is 0.0740. The quantitative estimate of drug-likeness (QED) is 0.850. The summed E-state index contributed by atoms with van der Waals surface area (Å²) in [5.74, 6) is 0.157. The van der Waals surface area contributed by atoms with Gasteiger partial charge in [0.05, 0.1) is 0 Å². The normalized spacial score (nSPS) is 24.7. The number of likely N-dealkylation sites (N-methyl/N-ethyl adjacent to an activating group) is 1. The number of nitrogens with zero attached hydrogens (tertiary/aromatic N) is 3. The standard InChI is InChI=1S/C18H21N3OS/c1-20-15-5-6-16(20)12-21(9-7-15)18(22)14-4-2-3-13(11-14)17-19-8-10-23-17/h2-4,8,10-11,15-16H,5-7,9,12H2,1H3/t15-,16+/m1/s1. The SMILES string of the molecule is CN1[C@@H]2CC[C@H]1CN(C(=O)c1cccc(-c3nccs3)c1)CC2. The Morgan fingerprint density at radius 3 is 2.96 bits per heavy atom. The first kappa shape index (κ1) is 14.8. The van der Waals surface area contributed by atoms with Crippen molar-refractivity contribution in [1.29, 1.82) is 0 Å². The van der Waals surface area contributed by atoms with Crippen LogP contribution in [0.5, 0.6) is 0 Å². The van der Waals surface area contributed by atoms with Gasteiger partial charge in [0.1, 0.15) is 5.01 Å². The summed E-state index contributed by atoms with van der Waals surface area (Å²) in [4.78, 5) is 21.8. The van der Waals surface area contributed by atoms with Crippen molar-refractivity contribution in [1.82, 2.24) is 14.8 Å². The number of likely N-dealkylation sites (tertiary alicyclic amines) is 1. The van der Waals surface area contributed by atoms with Crippen LogP contribution in [0.25, 0.3) is 10.6 Å². The van der Waals surface area contributed by atoms with E-state index in [9.17, 15) is 4.79 Å². The molecule has 3 heterocycles. The second-order valence-electron chi connectivity index (χ2n) is 6.51. The molecule has 2 bridgehead atoms. The van der Waals surface area contributed by atoms with Gasteiger partial charge in [0.2, 0.25) is 0 Å². The van der Waals surface area contributed by atoms with Crippen LogP contribution in [0, 0.1) is 0 Å². The van der Waals surface area contributed by atoms with Crippen LogP contribution in [-0.4, -0.2) is 52.9 Å². The Morgan fingerprint density at radius 2 is 2.13 bits per heavy atom. The fourth-order valence-corrected chi connectivity index (χ4v) is 4.46. The molecule has 1 aromatic carbocycles. The van der Waals surface area contributed by atoms with Crippen LogP contribution in [0.15, 0.2) is 35.8 Å². The van der Waals surface area contributed by atoms with Gasteiger partial charge in [0.15, 0.2) is 0 Å². The summed E-state index contributed by atoms with van der Waals surface area (Å²) in [6, 6.07) is 9.06. The van der Waals surface area contributed by atoms with E-state index in [1.165, 1.54) is 12.8 Å². The summed E-state index contributed by atoms with van der Waals surface area (Å²) >= 11 is 1.60. The average molecular weight is 327 g/mol. The second-order valence-corrected chi connectivity index (χ2v) is 7.40. The molecule has 23 heavy (non-hydrogen) atoms. The van der Waals surface area contributed by atoms with Crippen molar-refractivity contribution in [2.24, 2.45) is 0 Å². The van der Waals surface area contributed by atoms with Crippen LogP contribution in [0.2, 0.25) is 0 Å². The predicted molar refractivity (Wildman–Crippen MR) is 92.6 cm³/mol. The van der Waals surface area contributed by atoms with Gasteiger partial charge in [-0.2, -0.15) is 0 Å². The van der Waals surface area contributed by atoms with Gasteiger partial charge in [-0.15, -0.1) is 11.3 Å². The molecule has 0 aliphatic carbocycles. The highest BCUT2D eigenvalue weighted by Gasteiger charge is 2.36. The minimum atomic E-state index is 0.157. The number of carbonyl (C=O) groups is 1. The average Bonchev–Trinajstić information content (AvgIpc) is 3.16. The van der Waals surface area contributed by atoms with E-state index in [0.29, 0.717) is 12.1 Å². The van der Waals surface area contributed by atoms with Crippen LogP contribution in [0.3, 0.4) is 0 Å². The third kappa shape index (κ3) is 2.79. The molecule has 120 valence electrons. The number of thiazole rings is 1. The molecule has 0 saturated carbocycles. The zero-order valence-electron chi connectivity index (χ0n) is 13.3. The van der Waals surface area contributed by atoms with Crippen molar-refractivity contribution in [3.63, 3.8) is 0 Å². The van der Waals surface area contributed by atoms with Gasteiger partial charge in [-0.1, -0.05) is 12.1 Å². The molecule has 2 aliphatic heterocycles.